The summed E-state index contributed by atoms with van der Waals surface area (Å²) in [4.78, 5) is 25.7. The molecule has 5 heteroatoms. The predicted molar refractivity (Wildman–Crippen MR) is 110 cm³/mol. The van der Waals surface area contributed by atoms with Gasteiger partial charge >= 0.3 is 5.97 Å². The lowest BCUT2D eigenvalue weighted by Gasteiger charge is -2.55. The summed E-state index contributed by atoms with van der Waals surface area (Å²) in [5, 5.41) is 3.25. The standard InChI is InChI=1S/C24H33NO4/c1-3-28-20-7-5-19(6-8-20)21(12-22(26)29-4-2)25-23(27)24-13-16-9-17(14-24)11-18(10-16)15-24/h5-8,16-18,21H,3-4,9-15H2,1-2H3,(H,25,27). The second-order valence-electron chi connectivity index (χ2n) is 9.24. The molecule has 4 aliphatic carbocycles. The van der Waals surface area contributed by atoms with Crippen molar-refractivity contribution in [1.29, 1.82) is 0 Å². The van der Waals surface area contributed by atoms with Crippen LogP contribution in [-0.4, -0.2) is 25.1 Å². The molecule has 1 unspecified atom stereocenters. The molecule has 0 aliphatic heterocycles. The van der Waals surface area contributed by atoms with Crippen LogP contribution in [0.4, 0.5) is 0 Å². The molecule has 158 valence electrons. The van der Waals surface area contributed by atoms with Gasteiger partial charge in [0, 0.05) is 5.41 Å². The Morgan fingerprint density at radius 1 is 1.00 bits per heavy atom. The maximum absolute atomic E-state index is 13.5. The second-order valence-corrected chi connectivity index (χ2v) is 9.24. The summed E-state index contributed by atoms with van der Waals surface area (Å²) in [5.41, 5.74) is 0.687. The van der Waals surface area contributed by atoms with E-state index in [0.29, 0.717) is 31.0 Å². The molecule has 0 radical (unpaired) electrons. The van der Waals surface area contributed by atoms with Crippen molar-refractivity contribution in [2.45, 2.75) is 64.8 Å². The fourth-order valence-electron chi connectivity index (χ4n) is 6.30. The molecule has 4 bridgehead atoms. The van der Waals surface area contributed by atoms with Gasteiger partial charge in [0.1, 0.15) is 5.75 Å². The predicted octanol–water partition coefficient (Wildman–Crippen LogP) is 4.41. The highest BCUT2D eigenvalue weighted by Crippen LogP contribution is 2.60. The fraction of sp³-hybridized carbons (Fsp3) is 0.667. The quantitative estimate of drug-likeness (QED) is 0.658. The Kier molecular flexibility index (Phi) is 5.84. The van der Waals surface area contributed by atoms with Crippen LogP contribution in [0.25, 0.3) is 0 Å². The first-order chi connectivity index (χ1) is 14.0. The SMILES string of the molecule is CCOC(=O)CC(NC(=O)C12CC3CC(CC(C3)C1)C2)c1ccc(OCC)cc1. The highest BCUT2D eigenvalue weighted by molar-refractivity contribution is 5.84. The molecule has 1 atom stereocenters. The van der Waals surface area contributed by atoms with Crippen LogP contribution in [-0.2, 0) is 14.3 Å². The number of carbonyl (C=O) groups excluding carboxylic acids is 2. The van der Waals surface area contributed by atoms with Crippen LogP contribution in [0, 0.1) is 23.2 Å². The van der Waals surface area contributed by atoms with E-state index < -0.39 is 0 Å². The molecule has 1 N–H and O–H groups in total. The molecule has 4 fully saturated rings. The maximum atomic E-state index is 13.5. The van der Waals surface area contributed by atoms with E-state index in [1.807, 2.05) is 31.2 Å². The van der Waals surface area contributed by atoms with Crippen molar-refractivity contribution in [3.05, 3.63) is 29.8 Å². The smallest absolute Gasteiger partial charge is 0.308 e. The molecule has 5 rings (SSSR count). The molecule has 5 nitrogen and oxygen atoms in total. The van der Waals surface area contributed by atoms with Crippen molar-refractivity contribution in [1.82, 2.24) is 5.32 Å². The van der Waals surface area contributed by atoms with E-state index in [4.69, 9.17) is 9.47 Å². The first-order valence-electron chi connectivity index (χ1n) is 11.2. The minimum absolute atomic E-state index is 0.139. The molecular formula is C24H33NO4. The van der Waals surface area contributed by atoms with Crippen LogP contribution >= 0.6 is 0 Å². The fourth-order valence-corrected chi connectivity index (χ4v) is 6.30. The lowest BCUT2D eigenvalue weighted by atomic mass is 9.49. The van der Waals surface area contributed by atoms with Gasteiger partial charge in [-0.25, -0.2) is 0 Å². The summed E-state index contributed by atoms with van der Waals surface area (Å²) in [6.07, 6.45) is 7.10. The number of hydrogen-bond donors (Lipinski definition) is 1. The van der Waals surface area contributed by atoms with E-state index in [0.717, 1.165) is 30.6 Å². The molecule has 0 saturated heterocycles. The van der Waals surface area contributed by atoms with E-state index in [-0.39, 0.29) is 29.8 Å². The highest BCUT2D eigenvalue weighted by atomic mass is 16.5. The molecule has 1 amide bonds. The first kappa shape index (κ1) is 20.2. The van der Waals surface area contributed by atoms with Crippen LogP contribution in [0.1, 0.15) is 70.4 Å². The average molecular weight is 400 g/mol. The molecule has 4 aliphatic rings. The van der Waals surface area contributed by atoms with E-state index in [1.54, 1.807) is 6.92 Å². The average Bonchev–Trinajstić information content (AvgIpc) is 2.67. The Labute approximate surface area is 173 Å². The summed E-state index contributed by atoms with van der Waals surface area (Å²) in [5.74, 6) is 2.78. The summed E-state index contributed by atoms with van der Waals surface area (Å²) in [7, 11) is 0. The lowest BCUT2D eigenvalue weighted by Crippen LogP contribution is -2.54. The third-order valence-electron chi connectivity index (χ3n) is 7.09. The topological polar surface area (TPSA) is 64.6 Å². The van der Waals surface area contributed by atoms with E-state index >= 15 is 0 Å². The Bertz CT molecular complexity index is 706. The minimum atomic E-state index is -0.370. The second kappa shape index (κ2) is 8.37. The molecule has 0 heterocycles. The van der Waals surface area contributed by atoms with Gasteiger partial charge in [0.2, 0.25) is 5.91 Å². The van der Waals surface area contributed by atoms with Crippen molar-refractivity contribution in [2.24, 2.45) is 23.2 Å². The number of esters is 1. The lowest BCUT2D eigenvalue weighted by molar-refractivity contribution is -0.148. The van der Waals surface area contributed by atoms with Crippen molar-refractivity contribution < 1.29 is 19.1 Å². The minimum Gasteiger partial charge on any atom is -0.494 e. The van der Waals surface area contributed by atoms with Gasteiger partial charge in [-0.2, -0.15) is 0 Å². The number of ether oxygens (including phenoxy) is 2. The van der Waals surface area contributed by atoms with Crippen LogP contribution in [0.3, 0.4) is 0 Å². The van der Waals surface area contributed by atoms with Gasteiger partial charge < -0.3 is 14.8 Å². The number of benzene rings is 1. The van der Waals surface area contributed by atoms with Crippen LogP contribution in [0.2, 0.25) is 0 Å². The summed E-state index contributed by atoms with van der Waals surface area (Å²) < 4.78 is 10.7. The normalized spacial score (nSPS) is 30.6. The van der Waals surface area contributed by atoms with E-state index in [2.05, 4.69) is 5.32 Å². The Morgan fingerprint density at radius 2 is 1.59 bits per heavy atom. The molecule has 0 aromatic heterocycles. The third kappa shape index (κ3) is 4.29. The summed E-state index contributed by atoms with van der Waals surface area (Å²) >= 11 is 0. The van der Waals surface area contributed by atoms with Crippen molar-refractivity contribution in [2.75, 3.05) is 13.2 Å². The highest BCUT2D eigenvalue weighted by Gasteiger charge is 2.54. The zero-order valence-corrected chi connectivity index (χ0v) is 17.6. The molecule has 4 saturated carbocycles. The van der Waals surface area contributed by atoms with Crippen LogP contribution in [0.15, 0.2) is 24.3 Å². The third-order valence-corrected chi connectivity index (χ3v) is 7.09. The Hall–Kier alpha value is -2.04. The molecular weight excluding hydrogens is 366 g/mol. The van der Waals surface area contributed by atoms with E-state index in [1.165, 1.54) is 19.3 Å². The van der Waals surface area contributed by atoms with Gasteiger partial charge in [-0.3, -0.25) is 9.59 Å². The number of hydrogen-bond acceptors (Lipinski definition) is 4. The van der Waals surface area contributed by atoms with E-state index in [9.17, 15) is 9.59 Å². The number of rotatable bonds is 8. The van der Waals surface area contributed by atoms with Gasteiger partial charge in [0.25, 0.3) is 0 Å². The van der Waals surface area contributed by atoms with Crippen LogP contribution < -0.4 is 10.1 Å². The van der Waals surface area contributed by atoms with Crippen LogP contribution in [0.5, 0.6) is 5.75 Å². The summed E-state index contributed by atoms with van der Waals surface area (Å²) in [6, 6.07) is 7.30. The molecule has 1 aromatic carbocycles. The van der Waals surface area contributed by atoms with Crippen molar-refractivity contribution in [3.63, 3.8) is 0 Å². The zero-order chi connectivity index (χ0) is 20.4. The molecule has 1 aromatic rings. The maximum Gasteiger partial charge on any atom is 0.308 e. The van der Waals surface area contributed by atoms with Gasteiger partial charge in [-0.15, -0.1) is 0 Å². The number of carbonyl (C=O) groups is 2. The molecule has 29 heavy (non-hydrogen) atoms. The number of amides is 1. The van der Waals surface area contributed by atoms with Crippen molar-refractivity contribution >= 4 is 11.9 Å². The largest absolute Gasteiger partial charge is 0.494 e. The molecule has 0 spiro atoms. The van der Waals surface area contributed by atoms with Gasteiger partial charge in [-0.05, 0) is 87.8 Å². The number of nitrogens with one attached hydrogen (secondary N) is 1. The Balaban J connectivity index is 1.51. The van der Waals surface area contributed by atoms with Gasteiger partial charge in [0.15, 0.2) is 0 Å². The van der Waals surface area contributed by atoms with Gasteiger partial charge in [-0.1, -0.05) is 12.1 Å². The Morgan fingerprint density at radius 3 is 2.10 bits per heavy atom. The monoisotopic (exact) mass is 399 g/mol. The van der Waals surface area contributed by atoms with Gasteiger partial charge in [0.05, 0.1) is 25.7 Å². The summed E-state index contributed by atoms with van der Waals surface area (Å²) in [6.45, 7) is 4.70. The first-order valence-corrected chi connectivity index (χ1v) is 11.2. The zero-order valence-electron chi connectivity index (χ0n) is 17.6. The van der Waals surface area contributed by atoms with Crippen molar-refractivity contribution in [3.8, 4) is 5.75 Å².